The first kappa shape index (κ1) is 18.9. The van der Waals surface area contributed by atoms with Crippen LogP contribution in [0.25, 0.3) is 0 Å². The molecule has 1 fully saturated rings. The van der Waals surface area contributed by atoms with Gasteiger partial charge in [0.2, 0.25) is 5.91 Å². The highest BCUT2D eigenvalue weighted by molar-refractivity contribution is 9.10. The number of carbonyl (C=O) groups excluding carboxylic acids is 1. The van der Waals surface area contributed by atoms with Crippen molar-refractivity contribution in [3.8, 4) is 5.75 Å². The van der Waals surface area contributed by atoms with Crippen molar-refractivity contribution in [2.45, 2.75) is 25.9 Å². The van der Waals surface area contributed by atoms with Crippen LogP contribution in [-0.2, 0) is 17.9 Å². The van der Waals surface area contributed by atoms with Gasteiger partial charge in [-0.1, -0.05) is 40.2 Å². The third-order valence-electron chi connectivity index (χ3n) is 4.80. The van der Waals surface area contributed by atoms with Gasteiger partial charge in [-0.05, 0) is 54.8 Å². The summed E-state index contributed by atoms with van der Waals surface area (Å²) in [7, 11) is 1.65. The van der Waals surface area contributed by atoms with Gasteiger partial charge in [0, 0.05) is 24.1 Å². The van der Waals surface area contributed by atoms with Gasteiger partial charge in [0.05, 0.1) is 13.0 Å². The summed E-state index contributed by atoms with van der Waals surface area (Å²) in [5.41, 5.74) is 2.36. The Hall–Kier alpha value is -1.85. The van der Waals surface area contributed by atoms with Crippen LogP contribution in [0.15, 0.2) is 53.0 Å². The predicted molar refractivity (Wildman–Crippen MR) is 107 cm³/mol. The van der Waals surface area contributed by atoms with Crippen molar-refractivity contribution in [3.63, 3.8) is 0 Å². The van der Waals surface area contributed by atoms with Crippen molar-refractivity contribution in [3.05, 3.63) is 64.1 Å². The maximum atomic E-state index is 12.6. The molecule has 0 radical (unpaired) electrons. The third-order valence-corrected chi connectivity index (χ3v) is 5.29. The minimum absolute atomic E-state index is 0.0640. The van der Waals surface area contributed by atoms with Crippen molar-refractivity contribution >= 4 is 21.8 Å². The lowest BCUT2D eigenvalue weighted by Gasteiger charge is -2.32. The second kappa shape index (κ2) is 9.19. The topological polar surface area (TPSA) is 41.6 Å². The molecule has 4 nitrogen and oxygen atoms in total. The van der Waals surface area contributed by atoms with Gasteiger partial charge in [-0.2, -0.15) is 0 Å². The van der Waals surface area contributed by atoms with Crippen LogP contribution in [0.5, 0.6) is 5.75 Å². The Kier molecular flexibility index (Phi) is 6.69. The molecule has 0 spiro atoms. The molecule has 1 heterocycles. The van der Waals surface area contributed by atoms with E-state index in [0.29, 0.717) is 6.54 Å². The number of nitrogens with zero attached hydrogens (tertiary/aromatic N) is 1. The molecule has 1 N–H and O–H groups in total. The third kappa shape index (κ3) is 5.32. The van der Waals surface area contributed by atoms with E-state index < -0.39 is 0 Å². The number of hydrogen-bond acceptors (Lipinski definition) is 3. The number of piperidine rings is 1. The molecule has 2 aromatic carbocycles. The molecule has 1 atom stereocenters. The second-order valence-corrected chi connectivity index (χ2v) is 7.69. The molecule has 0 aromatic heterocycles. The van der Waals surface area contributed by atoms with Crippen molar-refractivity contribution in [2.75, 3.05) is 20.2 Å². The maximum Gasteiger partial charge on any atom is 0.224 e. The molecule has 1 aliphatic heterocycles. The van der Waals surface area contributed by atoms with Crippen LogP contribution in [0, 0.1) is 5.92 Å². The Bertz CT molecular complexity index is 733. The Morgan fingerprint density at radius 3 is 2.77 bits per heavy atom. The average molecular weight is 417 g/mol. The summed E-state index contributed by atoms with van der Waals surface area (Å²) in [6, 6.07) is 16.2. The summed E-state index contributed by atoms with van der Waals surface area (Å²) in [6.45, 7) is 3.32. The molecule has 1 aliphatic rings. The van der Waals surface area contributed by atoms with E-state index in [0.717, 1.165) is 48.3 Å². The van der Waals surface area contributed by atoms with Crippen LogP contribution in [0.1, 0.15) is 24.0 Å². The van der Waals surface area contributed by atoms with E-state index in [4.69, 9.17) is 4.74 Å². The normalized spacial score (nSPS) is 17.7. The van der Waals surface area contributed by atoms with Crippen LogP contribution >= 0.6 is 15.9 Å². The molecule has 2 aromatic rings. The van der Waals surface area contributed by atoms with Crippen LogP contribution in [0.4, 0.5) is 0 Å². The van der Waals surface area contributed by atoms with Crippen molar-refractivity contribution < 1.29 is 9.53 Å². The van der Waals surface area contributed by atoms with Crippen molar-refractivity contribution in [2.24, 2.45) is 5.92 Å². The van der Waals surface area contributed by atoms with E-state index in [9.17, 15) is 4.79 Å². The van der Waals surface area contributed by atoms with Crippen LogP contribution < -0.4 is 10.1 Å². The number of methoxy groups -OCH3 is 1. The zero-order chi connectivity index (χ0) is 18.4. The zero-order valence-corrected chi connectivity index (χ0v) is 16.7. The fourth-order valence-corrected chi connectivity index (χ4v) is 3.83. The molecule has 0 bridgehead atoms. The van der Waals surface area contributed by atoms with Gasteiger partial charge < -0.3 is 10.1 Å². The summed E-state index contributed by atoms with van der Waals surface area (Å²) < 4.78 is 6.26. The number of halogens is 1. The Labute approximate surface area is 163 Å². The number of hydrogen-bond donors (Lipinski definition) is 1. The predicted octanol–water partition coefficient (Wildman–Crippen LogP) is 3.99. The van der Waals surface area contributed by atoms with Crippen LogP contribution in [0.2, 0.25) is 0 Å². The molecular formula is C21H25BrN2O2. The summed E-state index contributed by atoms with van der Waals surface area (Å²) in [5.74, 6) is 1.05. The van der Waals surface area contributed by atoms with Gasteiger partial charge >= 0.3 is 0 Å². The molecular weight excluding hydrogens is 392 g/mol. The van der Waals surface area contributed by atoms with Crippen molar-refractivity contribution in [1.82, 2.24) is 10.2 Å². The Morgan fingerprint density at radius 2 is 2.04 bits per heavy atom. The number of nitrogens with one attached hydrogen (secondary N) is 1. The first-order valence-corrected chi connectivity index (χ1v) is 9.81. The number of carbonyl (C=O) groups is 1. The molecule has 0 saturated carbocycles. The van der Waals surface area contributed by atoms with Gasteiger partial charge in [0.1, 0.15) is 5.75 Å². The van der Waals surface area contributed by atoms with Gasteiger partial charge in [-0.15, -0.1) is 0 Å². The van der Waals surface area contributed by atoms with E-state index in [1.165, 1.54) is 5.56 Å². The average Bonchev–Trinajstić information content (AvgIpc) is 2.67. The summed E-state index contributed by atoms with van der Waals surface area (Å²) in [5, 5.41) is 3.09. The highest BCUT2D eigenvalue weighted by Crippen LogP contribution is 2.20. The highest BCUT2D eigenvalue weighted by Gasteiger charge is 2.25. The summed E-state index contributed by atoms with van der Waals surface area (Å²) >= 11 is 3.52. The smallest absolute Gasteiger partial charge is 0.224 e. The number of ether oxygens (including phenoxy) is 1. The minimum atomic E-state index is 0.0640. The first-order chi connectivity index (χ1) is 12.6. The van der Waals surface area contributed by atoms with Crippen LogP contribution in [0.3, 0.4) is 0 Å². The van der Waals surface area contributed by atoms with E-state index in [1.54, 1.807) is 7.11 Å². The van der Waals surface area contributed by atoms with E-state index in [-0.39, 0.29) is 11.8 Å². The zero-order valence-electron chi connectivity index (χ0n) is 15.1. The van der Waals surface area contributed by atoms with Crippen LogP contribution in [-0.4, -0.2) is 31.0 Å². The van der Waals surface area contributed by atoms with E-state index in [2.05, 4.69) is 44.3 Å². The fourth-order valence-electron chi connectivity index (χ4n) is 3.38. The molecule has 138 valence electrons. The largest absolute Gasteiger partial charge is 0.497 e. The molecule has 0 aliphatic carbocycles. The lowest BCUT2D eigenvalue weighted by Crippen LogP contribution is -2.42. The molecule has 1 unspecified atom stereocenters. The standard InChI is InChI=1S/C21H25BrN2O2/c1-26-20-9-7-16(8-10-20)13-23-21(25)18-5-3-11-24(15-18)14-17-4-2-6-19(22)12-17/h2,4,6-10,12,18H,3,5,11,13-15H2,1H3,(H,23,25). The lowest BCUT2D eigenvalue weighted by atomic mass is 9.96. The number of amides is 1. The molecule has 1 amide bonds. The fraction of sp³-hybridized carbons (Fsp3) is 0.381. The monoisotopic (exact) mass is 416 g/mol. The second-order valence-electron chi connectivity index (χ2n) is 6.77. The quantitative estimate of drug-likeness (QED) is 0.773. The minimum Gasteiger partial charge on any atom is -0.497 e. The summed E-state index contributed by atoms with van der Waals surface area (Å²) in [6.07, 6.45) is 2.03. The van der Waals surface area contributed by atoms with Crippen molar-refractivity contribution in [1.29, 1.82) is 0 Å². The lowest BCUT2D eigenvalue weighted by molar-refractivity contribution is -0.126. The van der Waals surface area contributed by atoms with E-state index in [1.807, 2.05) is 30.3 Å². The first-order valence-electron chi connectivity index (χ1n) is 9.01. The van der Waals surface area contributed by atoms with Gasteiger partial charge in [0.15, 0.2) is 0 Å². The number of benzene rings is 2. The molecule has 5 heteroatoms. The Balaban J connectivity index is 1.50. The number of likely N-dealkylation sites (tertiary alicyclic amines) is 1. The van der Waals surface area contributed by atoms with Gasteiger partial charge in [-0.3, -0.25) is 9.69 Å². The van der Waals surface area contributed by atoms with Gasteiger partial charge in [-0.25, -0.2) is 0 Å². The summed E-state index contributed by atoms with van der Waals surface area (Å²) in [4.78, 5) is 15.0. The van der Waals surface area contributed by atoms with Gasteiger partial charge in [0.25, 0.3) is 0 Å². The molecule has 26 heavy (non-hydrogen) atoms. The highest BCUT2D eigenvalue weighted by atomic mass is 79.9. The Morgan fingerprint density at radius 1 is 1.23 bits per heavy atom. The SMILES string of the molecule is COc1ccc(CNC(=O)C2CCCN(Cc3cccc(Br)c3)C2)cc1. The molecule has 1 saturated heterocycles. The van der Waals surface area contributed by atoms with E-state index >= 15 is 0 Å². The maximum absolute atomic E-state index is 12.6. The molecule has 3 rings (SSSR count). The number of rotatable bonds is 6.